The molecular weight excluding hydrogens is 231 g/mol. The Morgan fingerprint density at radius 2 is 1.69 bits per heavy atom. The Balaban J connectivity index is 3.24. The fourth-order valence-electron chi connectivity index (χ4n) is 1.23. The highest BCUT2D eigenvalue weighted by Gasteiger charge is 2.58. The fourth-order valence-corrected chi connectivity index (χ4v) is 1.23. The van der Waals surface area contributed by atoms with Gasteiger partial charge < -0.3 is 5.11 Å². The molecule has 0 aliphatic carbocycles. The van der Waals surface area contributed by atoms with E-state index < -0.39 is 17.7 Å². The van der Waals surface area contributed by atoms with Crippen LogP contribution in [0.2, 0.25) is 0 Å². The zero-order chi connectivity index (χ0) is 12.6. The first-order chi connectivity index (χ1) is 7.20. The van der Waals surface area contributed by atoms with Crippen LogP contribution in [0.1, 0.15) is 18.1 Å². The summed E-state index contributed by atoms with van der Waals surface area (Å²) in [4.78, 5) is 0. The maximum atomic E-state index is 12.9. The van der Waals surface area contributed by atoms with Crippen molar-refractivity contribution in [2.24, 2.45) is 0 Å². The van der Waals surface area contributed by atoms with E-state index in [0.717, 1.165) is 6.07 Å². The van der Waals surface area contributed by atoms with Gasteiger partial charge in [0.15, 0.2) is 0 Å². The van der Waals surface area contributed by atoms with E-state index in [1.165, 1.54) is 0 Å². The van der Waals surface area contributed by atoms with Crippen LogP contribution in [0.5, 0.6) is 5.75 Å². The first-order valence-corrected chi connectivity index (χ1v) is 4.47. The van der Waals surface area contributed by atoms with Crippen molar-refractivity contribution >= 4 is 0 Å². The molecule has 0 aliphatic rings. The maximum absolute atomic E-state index is 12.9. The number of phenolic OH excluding ortho intramolecular Hbond substituents is 1. The summed E-state index contributed by atoms with van der Waals surface area (Å²) in [6.45, 7) is 1.55. The molecule has 0 aliphatic heterocycles. The second-order valence-electron chi connectivity index (χ2n) is 3.27. The van der Waals surface area contributed by atoms with Crippen molar-refractivity contribution in [1.29, 1.82) is 0 Å². The molecule has 1 N–H and O–H groups in total. The predicted octanol–water partition coefficient (Wildman–Crippen LogP) is 3.61. The summed E-state index contributed by atoms with van der Waals surface area (Å²) in [5.41, 5.74) is -1.10. The van der Waals surface area contributed by atoms with Crippen molar-refractivity contribution in [2.75, 3.05) is 0 Å². The van der Waals surface area contributed by atoms with E-state index in [0.29, 0.717) is 12.1 Å². The van der Waals surface area contributed by atoms with Crippen LogP contribution >= 0.6 is 0 Å². The van der Waals surface area contributed by atoms with E-state index in [1.807, 2.05) is 0 Å². The Labute approximate surface area is 88.5 Å². The minimum Gasteiger partial charge on any atom is -0.508 e. The maximum Gasteiger partial charge on any atom is 0.458 e. The van der Waals surface area contributed by atoms with Crippen molar-refractivity contribution < 1.29 is 27.1 Å². The van der Waals surface area contributed by atoms with Crippen LogP contribution < -0.4 is 0 Å². The van der Waals surface area contributed by atoms with E-state index in [4.69, 9.17) is 0 Å². The Morgan fingerprint density at radius 1 is 1.12 bits per heavy atom. The van der Waals surface area contributed by atoms with Gasteiger partial charge in [-0.3, -0.25) is 0 Å². The van der Waals surface area contributed by atoms with Crippen molar-refractivity contribution in [2.45, 2.75) is 25.4 Å². The van der Waals surface area contributed by atoms with Gasteiger partial charge in [0.2, 0.25) is 0 Å². The third-order valence-corrected chi connectivity index (χ3v) is 2.18. The second kappa shape index (κ2) is 3.92. The molecule has 0 aromatic heterocycles. The lowest BCUT2D eigenvalue weighted by molar-refractivity contribution is -0.289. The van der Waals surface area contributed by atoms with Crippen molar-refractivity contribution in [3.8, 4) is 5.75 Å². The number of rotatable bonds is 2. The summed E-state index contributed by atoms with van der Waals surface area (Å²) in [5, 5.41) is 9.18. The van der Waals surface area contributed by atoms with Gasteiger partial charge in [0.05, 0.1) is 0 Å². The third kappa shape index (κ3) is 2.10. The molecule has 1 aromatic rings. The Bertz CT molecular complexity index is 383. The normalized spacial score (nSPS) is 12.9. The van der Waals surface area contributed by atoms with Gasteiger partial charge >= 0.3 is 12.1 Å². The largest absolute Gasteiger partial charge is 0.508 e. The number of aryl methyl sites for hydroxylation is 1. The van der Waals surface area contributed by atoms with Crippen molar-refractivity contribution in [1.82, 2.24) is 0 Å². The van der Waals surface area contributed by atoms with Crippen LogP contribution in [-0.2, 0) is 12.3 Å². The van der Waals surface area contributed by atoms with Crippen molar-refractivity contribution in [3.05, 3.63) is 29.3 Å². The summed E-state index contributed by atoms with van der Waals surface area (Å²) < 4.78 is 61.9. The monoisotopic (exact) mass is 240 g/mol. The molecule has 0 saturated heterocycles. The number of phenols is 1. The minimum atomic E-state index is -5.63. The Morgan fingerprint density at radius 3 is 2.12 bits per heavy atom. The molecule has 1 rings (SSSR count). The quantitative estimate of drug-likeness (QED) is 0.783. The van der Waals surface area contributed by atoms with Gasteiger partial charge in [0.1, 0.15) is 5.75 Å². The van der Waals surface area contributed by atoms with Gasteiger partial charge in [-0.15, -0.1) is 0 Å². The highest BCUT2D eigenvalue weighted by Crippen LogP contribution is 2.44. The molecule has 0 radical (unpaired) electrons. The zero-order valence-electron chi connectivity index (χ0n) is 8.28. The number of halogens is 5. The summed E-state index contributed by atoms with van der Waals surface area (Å²) in [5.74, 6) is -5.19. The van der Waals surface area contributed by atoms with Gasteiger partial charge in [0.25, 0.3) is 0 Å². The van der Waals surface area contributed by atoms with Gasteiger partial charge in [-0.25, -0.2) is 0 Å². The molecule has 0 heterocycles. The van der Waals surface area contributed by atoms with Gasteiger partial charge in [-0.05, 0) is 30.2 Å². The van der Waals surface area contributed by atoms with Crippen LogP contribution in [0.25, 0.3) is 0 Å². The number of hydrogen-bond acceptors (Lipinski definition) is 1. The van der Waals surface area contributed by atoms with Gasteiger partial charge in [0, 0.05) is 5.56 Å². The molecule has 0 atom stereocenters. The molecule has 0 amide bonds. The average molecular weight is 240 g/mol. The van der Waals surface area contributed by atoms with Crippen LogP contribution in [-0.4, -0.2) is 11.3 Å². The first-order valence-electron chi connectivity index (χ1n) is 4.47. The molecule has 1 nitrogen and oxygen atoms in total. The molecular formula is C10H9F5O. The van der Waals surface area contributed by atoms with Crippen LogP contribution in [0.4, 0.5) is 22.0 Å². The Hall–Kier alpha value is -1.33. The fraction of sp³-hybridized carbons (Fsp3) is 0.400. The topological polar surface area (TPSA) is 20.2 Å². The van der Waals surface area contributed by atoms with E-state index in [2.05, 4.69) is 0 Å². The third-order valence-electron chi connectivity index (χ3n) is 2.18. The van der Waals surface area contributed by atoms with Crippen LogP contribution in [0.3, 0.4) is 0 Å². The van der Waals surface area contributed by atoms with Crippen LogP contribution in [0.15, 0.2) is 18.2 Å². The summed E-state index contributed by atoms with van der Waals surface area (Å²) in [6.07, 6.45) is -5.46. The number of alkyl halides is 5. The van der Waals surface area contributed by atoms with Crippen molar-refractivity contribution in [3.63, 3.8) is 0 Å². The number of aromatic hydroxyl groups is 1. The molecule has 0 bridgehead atoms. The smallest absolute Gasteiger partial charge is 0.458 e. The second-order valence-corrected chi connectivity index (χ2v) is 3.27. The van der Waals surface area contributed by atoms with Crippen LogP contribution in [0, 0.1) is 0 Å². The molecule has 0 fully saturated rings. The lowest BCUT2D eigenvalue weighted by Crippen LogP contribution is -2.33. The lowest BCUT2D eigenvalue weighted by atomic mass is 10.0. The molecule has 90 valence electrons. The number of benzene rings is 1. The summed E-state index contributed by atoms with van der Waals surface area (Å²) in [7, 11) is 0. The molecule has 0 saturated carbocycles. The summed E-state index contributed by atoms with van der Waals surface area (Å²) in [6, 6.07) is 2.08. The zero-order valence-corrected chi connectivity index (χ0v) is 8.28. The molecule has 0 unspecified atom stereocenters. The van der Waals surface area contributed by atoms with E-state index in [1.54, 1.807) is 6.92 Å². The first kappa shape index (κ1) is 12.7. The lowest BCUT2D eigenvalue weighted by Gasteiger charge is -2.20. The molecule has 0 spiro atoms. The highest BCUT2D eigenvalue weighted by atomic mass is 19.4. The SMILES string of the molecule is CCc1cc(C(F)(F)C(F)(F)F)ccc1O. The standard InChI is InChI=1S/C10H9F5O/c1-2-6-5-7(3-4-8(6)16)9(11,12)10(13,14)15/h3-5,16H,2H2,1H3. The molecule has 16 heavy (non-hydrogen) atoms. The van der Waals surface area contributed by atoms with E-state index in [-0.39, 0.29) is 17.7 Å². The molecule has 6 heteroatoms. The Kier molecular flexibility index (Phi) is 3.12. The van der Waals surface area contributed by atoms with Gasteiger partial charge in [-0.2, -0.15) is 22.0 Å². The van der Waals surface area contributed by atoms with Gasteiger partial charge in [-0.1, -0.05) is 6.92 Å². The minimum absolute atomic E-state index is 0.0569. The highest BCUT2D eigenvalue weighted by molar-refractivity contribution is 5.38. The van der Waals surface area contributed by atoms with E-state index >= 15 is 0 Å². The average Bonchev–Trinajstić information content (AvgIpc) is 2.16. The number of hydrogen-bond donors (Lipinski definition) is 1. The van der Waals surface area contributed by atoms with E-state index in [9.17, 15) is 27.1 Å². The summed E-state index contributed by atoms with van der Waals surface area (Å²) >= 11 is 0. The molecule has 1 aromatic carbocycles. The predicted molar refractivity (Wildman–Crippen MR) is 47.4 cm³/mol.